The number of rotatable bonds is 8. The van der Waals surface area contributed by atoms with Crippen molar-refractivity contribution >= 4 is 23.1 Å². The monoisotopic (exact) mass is 571 g/mol. The van der Waals surface area contributed by atoms with Gasteiger partial charge in [0.15, 0.2) is 5.82 Å². The molecule has 0 radical (unpaired) electrons. The normalized spacial score (nSPS) is 13.0. The summed E-state index contributed by atoms with van der Waals surface area (Å²) in [5.74, 6) is 1.86. The van der Waals surface area contributed by atoms with E-state index in [2.05, 4.69) is 4.90 Å². The average Bonchev–Trinajstić information content (AvgIpc) is 3.52. The molecule has 1 amide bonds. The Morgan fingerprint density at radius 1 is 0.674 bits per heavy atom. The Balaban J connectivity index is 1.31. The largest absolute Gasteiger partial charge is 0.497 e. The molecule has 43 heavy (non-hydrogen) atoms. The molecule has 1 aromatic heterocycles. The fraction of sp³-hybridized carbons (Fsp3) is 0.171. The Bertz CT molecular complexity index is 1650. The van der Waals surface area contributed by atoms with E-state index in [4.69, 9.17) is 19.6 Å². The van der Waals surface area contributed by atoms with Gasteiger partial charge in [-0.2, -0.15) is 0 Å². The predicted octanol–water partition coefficient (Wildman–Crippen LogP) is 6.02. The molecule has 0 aliphatic carbocycles. The number of aliphatic imine (C=N–C) groups is 1. The Kier molecular flexibility index (Phi) is 8.17. The number of carbonyl (C=O) groups excluding carboxylic acids is 1. The van der Waals surface area contributed by atoms with Crippen LogP contribution >= 0.6 is 0 Å². The zero-order chi connectivity index (χ0) is 29.6. The summed E-state index contributed by atoms with van der Waals surface area (Å²) >= 11 is 0. The molecule has 0 atom stereocenters. The molecule has 6 rings (SSSR count). The lowest BCUT2D eigenvalue weighted by Gasteiger charge is -2.36. The van der Waals surface area contributed by atoms with Gasteiger partial charge in [-0.15, -0.1) is 5.10 Å². The average molecular weight is 572 g/mol. The summed E-state index contributed by atoms with van der Waals surface area (Å²) in [6.45, 7) is 2.49. The van der Waals surface area contributed by atoms with Crippen LogP contribution in [0.5, 0.6) is 11.5 Å². The second-order valence-electron chi connectivity index (χ2n) is 10.2. The first-order valence-corrected chi connectivity index (χ1v) is 14.3. The zero-order valence-corrected chi connectivity index (χ0v) is 24.3. The number of methoxy groups -OCH3 is 2. The van der Waals surface area contributed by atoms with Crippen LogP contribution in [-0.2, 0) is 0 Å². The van der Waals surface area contributed by atoms with Gasteiger partial charge >= 0.3 is 0 Å². The number of amides is 1. The Morgan fingerprint density at radius 2 is 1.21 bits per heavy atom. The molecule has 0 saturated carbocycles. The SMILES string of the molecule is COc1cc(OC)cc(N2CCN(C(=O)c3cc(N=C(c4ccccc4)c4ccccc4)nn3-c3ccccc3)CC2)c1. The van der Waals surface area contributed by atoms with Gasteiger partial charge in [0.25, 0.3) is 5.91 Å². The first-order chi connectivity index (χ1) is 21.1. The van der Waals surface area contributed by atoms with E-state index in [-0.39, 0.29) is 5.91 Å². The minimum Gasteiger partial charge on any atom is -0.497 e. The Hall–Kier alpha value is -5.37. The molecule has 5 aromatic rings. The van der Waals surface area contributed by atoms with E-state index in [9.17, 15) is 4.79 Å². The summed E-state index contributed by atoms with van der Waals surface area (Å²) in [6.07, 6.45) is 0. The van der Waals surface area contributed by atoms with Crippen LogP contribution < -0.4 is 14.4 Å². The molecule has 0 unspecified atom stereocenters. The molecular formula is C35H33N5O3. The highest BCUT2D eigenvalue weighted by Crippen LogP contribution is 2.30. The van der Waals surface area contributed by atoms with Gasteiger partial charge in [-0.05, 0) is 12.1 Å². The van der Waals surface area contributed by atoms with Gasteiger partial charge in [-0.3, -0.25) is 4.79 Å². The third-order valence-electron chi connectivity index (χ3n) is 7.51. The van der Waals surface area contributed by atoms with Crippen molar-refractivity contribution < 1.29 is 14.3 Å². The Labute approximate surface area is 251 Å². The molecule has 2 heterocycles. The lowest BCUT2D eigenvalue weighted by atomic mass is 10.0. The van der Waals surface area contributed by atoms with Gasteiger partial charge in [-0.25, -0.2) is 9.67 Å². The highest BCUT2D eigenvalue weighted by Gasteiger charge is 2.27. The van der Waals surface area contributed by atoms with Crippen molar-refractivity contribution in [2.24, 2.45) is 4.99 Å². The van der Waals surface area contributed by atoms with Crippen molar-refractivity contribution in [1.82, 2.24) is 14.7 Å². The minimum absolute atomic E-state index is 0.0818. The maximum absolute atomic E-state index is 14.0. The van der Waals surface area contributed by atoms with Crippen LogP contribution in [0, 0.1) is 0 Å². The molecule has 216 valence electrons. The third kappa shape index (κ3) is 6.13. The van der Waals surface area contributed by atoms with Crippen LogP contribution in [-0.4, -0.2) is 66.7 Å². The number of nitrogens with zero attached hydrogens (tertiary/aromatic N) is 5. The van der Waals surface area contributed by atoms with E-state index in [0.29, 0.717) is 37.7 Å². The predicted molar refractivity (Wildman–Crippen MR) is 169 cm³/mol. The van der Waals surface area contributed by atoms with Crippen molar-refractivity contribution in [2.45, 2.75) is 0 Å². The lowest BCUT2D eigenvalue weighted by molar-refractivity contribution is 0.0737. The fourth-order valence-corrected chi connectivity index (χ4v) is 5.25. The summed E-state index contributed by atoms with van der Waals surface area (Å²) < 4.78 is 12.6. The maximum Gasteiger partial charge on any atom is 0.272 e. The summed E-state index contributed by atoms with van der Waals surface area (Å²) in [7, 11) is 3.29. The van der Waals surface area contributed by atoms with E-state index in [0.717, 1.165) is 39.7 Å². The fourth-order valence-electron chi connectivity index (χ4n) is 5.25. The van der Waals surface area contributed by atoms with Crippen LogP contribution in [0.2, 0.25) is 0 Å². The summed E-state index contributed by atoms with van der Waals surface area (Å²) in [5.41, 5.74) is 5.02. The molecule has 1 aliphatic rings. The number of ether oxygens (including phenoxy) is 2. The van der Waals surface area contributed by atoms with Gasteiger partial charge in [0.05, 0.1) is 25.6 Å². The molecule has 4 aromatic carbocycles. The van der Waals surface area contributed by atoms with Crippen LogP contribution in [0.25, 0.3) is 5.69 Å². The van der Waals surface area contributed by atoms with E-state index < -0.39 is 0 Å². The molecule has 0 N–H and O–H groups in total. The Morgan fingerprint density at radius 3 is 1.74 bits per heavy atom. The molecule has 8 heteroatoms. The number of benzene rings is 4. The van der Waals surface area contributed by atoms with Crippen LogP contribution in [0.4, 0.5) is 11.5 Å². The number of anilines is 1. The van der Waals surface area contributed by atoms with Crippen molar-refractivity contribution in [3.63, 3.8) is 0 Å². The zero-order valence-electron chi connectivity index (χ0n) is 24.3. The van der Waals surface area contributed by atoms with Gasteiger partial charge in [0.2, 0.25) is 0 Å². The second-order valence-corrected chi connectivity index (χ2v) is 10.2. The first-order valence-electron chi connectivity index (χ1n) is 14.3. The molecule has 8 nitrogen and oxygen atoms in total. The summed E-state index contributed by atoms with van der Waals surface area (Å²) in [4.78, 5) is 23.2. The molecule has 1 saturated heterocycles. The van der Waals surface area contributed by atoms with Crippen LogP contribution in [0.3, 0.4) is 0 Å². The van der Waals surface area contributed by atoms with Crippen molar-refractivity contribution in [1.29, 1.82) is 0 Å². The van der Waals surface area contributed by atoms with Crippen LogP contribution in [0.15, 0.2) is 120 Å². The molecule has 0 spiro atoms. The number of aromatic nitrogens is 2. The number of para-hydroxylation sites is 1. The van der Waals surface area contributed by atoms with Gasteiger partial charge < -0.3 is 19.3 Å². The molecule has 1 aliphatic heterocycles. The number of hydrogen-bond acceptors (Lipinski definition) is 6. The topological polar surface area (TPSA) is 72.2 Å². The molecular weight excluding hydrogens is 538 g/mol. The summed E-state index contributed by atoms with van der Waals surface area (Å²) in [5, 5.41) is 4.83. The van der Waals surface area contributed by atoms with Gasteiger partial charge in [0.1, 0.15) is 17.2 Å². The standard InChI is InChI=1S/C35H33N5O3/c1-42-30-22-29(23-31(24-30)43-2)38-18-20-39(21-19-38)35(41)32-25-33(37-40(32)28-16-10-5-11-17-28)36-34(26-12-6-3-7-13-26)27-14-8-4-9-15-27/h3-17,22-25H,18-21H2,1-2H3. The van der Waals surface area contributed by atoms with Gasteiger partial charge in [0, 0.05) is 67.3 Å². The number of hydrogen-bond donors (Lipinski definition) is 0. The minimum atomic E-state index is -0.0818. The van der Waals surface area contributed by atoms with Crippen molar-refractivity contribution in [3.8, 4) is 17.2 Å². The first kappa shape index (κ1) is 27.8. The quantitative estimate of drug-likeness (QED) is 0.213. The van der Waals surface area contributed by atoms with Crippen molar-refractivity contribution in [2.75, 3.05) is 45.3 Å². The number of piperazine rings is 1. The highest BCUT2D eigenvalue weighted by molar-refractivity contribution is 6.13. The second kappa shape index (κ2) is 12.7. The lowest BCUT2D eigenvalue weighted by Crippen LogP contribution is -2.49. The smallest absolute Gasteiger partial charge is 0.272 e. The maximum atomic E-state index is 14.0. The van der Waals surface area contributed by atoms with E-state index in [1.54, 1.807) is 25.0 Å². The summed E-state index contributed by atoms with van der Waals surface area (Å²) in [6, 6.07) is 37.4. The van der Waals surface area contributed by atoms with Gasteiger partial charge in [-0.1, -0.05) is 78.9 Å². The highest BCUT2D eigenvalue weighted by atomic mass is 16.5. The van der Waals surface area contributed by atoms with E-state index in [1.807, 2.05) is 114 Å². The van der Waals surface area contributed by atoms with Crippen molar-refractivity contribution in [3.05, 3.63) is 132 Å². The van der Waals surface area contributed by atoms with Crippen LogP contribution in [0.1, 0.15) is 21.6 Å². The molecule has 0 bridgehead atoms. The molecule has 1 fully saturated rings. The third-order valence-corrected chi connectivity index (χ3v) is 7.51. The van der Waals surface area contributed by atoms with E-state index >= 15 is 0 Å². The van der Waals surface area contributed by atoms with E-state index in [1.165, 1.54) is 0 Å². The number of carbonyl (C=O) groups is 1.